The number of aliphatic hydroxyl groups is 1. The van der Waals surface area contributed by atoms with Crippen LogP contribution in [-0.4, -0.2) is 40.4 Å². The van der Waals surface area contributed by atoms with Gasteiger partial charge < -0.3 is 14.7 Å². The van der Waals surface area contributed by atoms with Crippen molar-refractivity contribution in [3.63, 3.8) is 0 Å². The van der Waals surface area contributed by atoms with Crippen molar-refractivity contribution in [2.24, 2.45) is 0 Å². The third-order valence-corrected chi connectivity index (χ3v) is 2.42. The van der Waals surface area contributed by atoms with Gasteiger partial charge in [0.15, 0.2) is 6.10 Å². The van der Waals surface area contributed by atoms with Crippen molar-refractivity contribution in [3.8, 4) is 6.07 Å². The summed E-state index contributed by atoms with van der Waals surface area (Å²) in [6.45, 7) is 5.91. The quantitative estimate of drug-likeness (QED) is 0.683. The molecular formula is C11H18N2O3. The molecule has 16 heavy (non-hydrogen) atoms. The standard InChI is InChI=1S/C11H18N2O3/c1-11(2,3)16-10(15)13-6-4-5-8(13)9(14)7-12/h8-9,14H,4-6H2,1-3H3. The molecule has 1 aliphatic rings. The molecule has 1 aliphatic heterocycles. The summed E-state index contributed by atoms with van der Waals surface area (Å²) in [6.07, 6.45) is -0.143. The van der Waals surface area contributed by atoms with Crippen molar-refractivity contribution < 1.29 is 14.6 Å². The molecule has 0 spiro atoms. The summed E-state index contributed by atoms with van der Waals surface area (Å²) in [6, 6.07) is 1.33. The number of amides is 1. The van der Waals surface area contributed by atoms with Gasteiger partial charge in [-0.2, -0.15) is 5.26 Å². The van der Waals surface area contributed by atoms with Gasteiger partial charge in [-0.25, -0.2) is 4.79 Å². The number of hydrogen-bond acceptors (Lipinski definition) is 4. The second-order valence-electron chi connectivity index (χ2n) is 4.96. The molecule has 90 valence electrons. The SMILES string of the molecule is CC(C)(C)OC(=O)N1CCCC1C(O)C#N. The molecule has 0 saturated carbocycles. The van der Waals surface area contributed by atoms with Gasteiger partial charge in [0.2, 0.25) is 0 Å². The van der Waals surface area contributed by atoms with E-state index >= 15 is 0 Å². The number of rotatable bonds is 1. The topological polar surface area (TPSA) is 73.6 Å². The molecule has 0 aromatic rings. The fourth-order valence-electron chi connectivity index (χ4n) is 1.75. The monoisotopic (exact) mass is 226 g/mol. The van der Waals surface area contributed by atoms with Crippen LogP contribution >= 0.6 is 0 Å². The molecule has 1 saturated heterocycles. The van der Waals surface area contributed by atoms with Crippen LogP contribution in [0.25, 0.3) is 0 Å². The van der Waals surface area contributed by atoms with E-state index in [9.17, 15) is 9.90 Å². The van der Waals surface area contributed by atoms with E-state index in [2.05, 4.69) is 0 Å². The predicted octanol–water partition coefficient (Wildman–Crippen LogP) is 1.27. The van der Waals surface area contributed by atoms with E-state index in [1.165, 1.54) is 4.90 Å². The first-order valence-corrected chi connectivity index (χ1v) is 5.42. The minimum atomic E-state index is -1.13. The summed E-state index contributed by atoms with van der Waals surface area (Å²) in [5.74, 6) is 0. The molecule has 0 bridgehead atoms. The highest BCUT2D eigenvalue weighted by Crippen LogP contribution is 2.22. The number of carbonyl (C=O) groups excluding carboxylic acids is 1. The van der Waals surface area contributed by atoms with E-state index in [4.69, 9.17) is 10.00 Å². The number of aliphatic hydroxyl groups excluding tert-OH is 1. The second-order valence-corrected chi connectivity index (χ2v) is 4.96. The van der Waals surface area contributed by atoms with Crippen LogP contribution in [0.4, 0.5) is 4.79 Å². The molecule has 1 heterocycles. The van der Waals surface area contributed by atoms with Gasteiger partial charge in [0.1, 0.15) is 5.60 Å². The van der Waals surface area contributed by atoms with Crippen molar-refractivity contribution >= 4 is 6.09 Å². The predicted molar refractivity (Wildman–Crippen MR) is 57.6 cm³/mol. The van der Waals surface area contributed by atoms with Crippen LogP contribution in [0.3, 0.4) is 0 Å². The van der Waals surface area contributed by atoms with E-state index in [-0.39, 0.29) is 0 Å². The van der Waals surface area contributed by atoms with Gasteiger partial charge in [-0.3, -0.25) is 0 Å². The average Bonchev–Trinajstić information content (AvgIpc) is 2.62. The molecule has 0 aliphatic carbocycles. The lowest BCUT2D eigenvalue weighted by Gasteiger charge is -2.29. The van der Waals surface area contributed by atoms with Crippen LogP contribution in [0.1, 0.15) is 33.6 Å². The molecule has 1 rings (SSSR count). The summed E-state index contributed by atoms with van der Waals surface area (Å²) < 4.78 is 5.21. The maximum absolute atomic E-state index is 11.8. The Morgan fingerprint density at radius 1 is 1.62 bits per heavy atom. The van der Waals surface area contributed by atoms with Crippen LogP contribution in [-0.2, 0) is 4.74 Å². The molecule has 5 nitrogen and oxygen atoms in total. The molecule has 1 fully saturated rings. The van der Waals surface area contributed by atoms with Crippen LogP contribution in [0.15, 0.2) is 0 Å². The summed E-state index contributed by atoms with van der Waals surface area (Å²) in [5, 5.41) is 18.1. The molecule has 2 atom stereocenters. The normalized spacial score (nSPS) is 22.7. The molecule has 0 aromatic carbocycles. The molecular weight excluding hydrogens is 208 g/mol. The van der Waals surface area contributed by atoms with Crippen molar-refractivity contribution in [2.75, 3.05) is 6.54 Å². The van der Waals surface area contributed by atoms with E-state index < -0.39 is 23.8 Å². The molecule has 1 amide bonds. The van der Waals surface area contributed by atoms with Crippen molar-refractivity contribution in [2.45, 2.75) is 51.4 Å². The number of hydrogen-bond donors (Lipinski definition) is 1. The maximum atomic E-state index is 11.8. The molecule has 0 radical (unpaired) electrons. The lowest BCUT2D eigenvalue weighted by atomic mass is 10.1. The Balaban J connectivity index is 2.65. The average molecular weight is 226 g/mol. The maximum Gasteiger partial charge on any atom is 0.410 e. The van der Waals surface area contributed by atoms with Crippen LogP contribution < -0.4 is 0 Å². The summed E-state index contributed by atoms with van der Waals surface area (Å²) in [4.78, 5) is 13.2. The Kier molecular flexibility index (Phi) is 3.76. The summed E-state index contributed by atoms with van der Waals surface area (Å²) in [5.41, 5.74) is -0.554. The number of nitrogens with zero attached hydrogens (tertiary/aromatic N) is 2. The highest BCUT2D eigenvalue weighted by Gasteiger charge is 2.36. The largest absolute Gasteiger partial charge is 0.444 e. The number of likely N-dealkylation sites (tertiary alicyclic amines) is 1. The van der Waals surface area contributed by atoms with Crippen molar-refractivity contribution in [3.05, 3.63) is 0 Å². The van der Waals surface area contributed by atoms with E-state index in [1.807, 2.05) is 0 Å². The number of nitriles is 1. The van der Waals surface area contributed by atoms with Crippen LogP contribution in [0.5, 0.6) is 0 Å². The Hall–Kier alpha value is -1.28. The van der Waals surface area contributed by atoms with E-state index in [1.54, 1.807) is 26.8 Å². The zero-order valence-electron chi connectivity index (χ0n) is 9.93. The van der Waals surface area contributed by atoms with Gasteiger partial charge in [-0.15, -0.1) is 0 Å². The summed E-state index contributed by atoms with van der Waals surface area (Å²) >= 11 is 0. The Morgan fingerprint density at radius 3 is 2.75 bits per heavy atom. The van der Waals surface area contributed by atoms with E-state index in [0.717, 1.165) is 6.42 Å². The lowest BCUT2D eigenvalue weighted by molar-refractivity contribution is 0.0122. The third-order valence-electron chi connectivity index (χ3n) is 2.42. The zero-order valence-corrected chi connectivity index (χ0v) is 9.93. The fourth-order valence-corrected chi connectivity index (χ4v) is 1.75. The molecule has 1 N–H and O–H groups in total. The minimum Gasteiger partial charge on any atom is -0.444 e. The highest BCUT2D eigenvalue weighted by molar-refractivity contribution is 5.69. The van der Waals surface area contributed by atoms with Crippen LogP contribution in [0.2, 0.25) is 0 Å². The number of carbonyl (C=O) groups is 1. The first kappa shape index (κ1) is 12.8. The van der Waals surface area contributed by atoms with Gasteiger partial charge in [0, 0.05) is 6.54 Å². The number of ether oxygens (including phenoxy) is 1. The lowest BCUT2D eigenvalue weighted by Crippen LogP contribution is -2.44. The molecule has 5 heteroatoms. The first-order valence-electron chi connectivity index (χ1n) is 5.42. The van der Waals surface area contributed by atoms with E-state index in [0.29, 0.717) is 13.0 Å². The van der Waals surface area contributed by atoms with Crippen molar-refractivity contribution in [1.82, 2.24) is 4.90 Å². The van der Waals surface area contributed by atoms with Gasteiger partial charge in [-0.1, -0.05) is 0 Å². The van der Waals surface area contributed by atoms with Crippen LogP contribution in [0, 0.1) is 11.3 Å². The van der Waals surface area contributed by atoms with Gasteiger partial charge in [0.05, 0.1) is 12.1 Å². The van der Waals surface area contributed by atoms with Gasteiger partial charge in [-0.05, 0) is 33.6 Å². The fraction of sp³-hybridized carbons (Fsp3) is 0.818. The van der Waals surface area contributed by atoms with Crippen molar-refractivity contribution in [1.29, 1.82) is 5.26 Å². The smallest absolute Gasteiger partial charge is 0.410 e. The van der Waals surface area contributed by atoms with Gasteiger partial charge in [0.25, 0.3) is 0 Å². The summed E-state index contributed by atoms with van der Waals surface area (Å²) in [7, 11) is 0. The first-order chi connectivity index (χ1) is 7.35. The third kappa shape index (κ3) is 3.11. The highest BCUT2D eigenvalue weighted by atomic mass is 16.6. The van der Waals surface area contributed by atoms with Gasteiger partial charge >= 0.3 is 6.09 Å². The molecule has 0 aromatic heterocycles. The minimum absolute atomic E-state index is 0.431. The Bertz CT molecular complexity index is 303. The zero-order chi connectivity index (χ0) is 12.3. The second kappa shape index (κ2) is 4.71. The Labute approximate surface area is 95.6 Å². The molecule has 2 unspecified atom stereocenters. The Morgan fingerprint density at radius 2 is 2.25 bits per heavy atom.